The van der Waals surface area contributed by atoms with Gasteiger partial charge < -0.3 is 4.90 Å². The summed E-state index contributed by atoms with van der Waals surface area (Å²) < 4.78 is 1.60. The molecule has 8 nitrogen and oxygen atoms in total. The number of hydrogen-bond acceptors (Lipinski definition) is 6. The molecule has 4 aromatic rings. The Morgan fingerprint density at radius 3 is 2.65 bits per heavy atom. The van der Waals surface area contributed by atoms with Gasteiger partial charge in [-0.1, -0.05) is 24.3 Å². The molecule has 2 aromatic carbocycles. The van der Waals surface area contributed by atoms with Gasteiger partial charge in [-0.15, -0.1) is 5.10 Å². The predicted molar refractivity (Wildman–Crippen MR) is 117 cm³/mol. The normalized spacial score (nSPS) is 14.8. The number of carbonyl (C=O) groups is 1. The van der Waals surface area contributed by atoms with Crippen LogP contribution < -0.4 is 0 Å². The lowest BCUT2D eigenvalue weighted by atomic mass is 10.1. The van der Waals surface area contributed by atoms with Crippen molar-refractivity contribution >= 4 is 16.8 Å². The average Bonchev–Trinajstić information content (AvgIpc) is 3.34. The van der Waals surface area contributed by atoms with Crippen molar-refractivity contribution < 1.29 is 4.79 Å². The van der Waals surface area contributed by atoms with Gasteiger partial charge in [-0.3, -0.25) is 14.7 Å². The Labute approximate surface area is 180 Å². The van der Waals surface area contributed by atoms with Crippen LogP contribution in [0.5, 0.6) is 0 Å². The Kier molecular flexibility index (Phi) is 5.13. The van der Waals surface area contributed by atoms with Crippen molar-refractivity contribution in [2.45, 2.75) is 13.5 Å². The van der Waals surface area contributed by atoms with Crippen LogP contribution in [-0.4, -0.2) is 67.1 Å². The van der Waals surface area contributed by atoms with Crippen molar-refractivity contribution in [2.75, 3.05) is 26.2 Å². The van der Waals surface area contributed by atoms with Crippen molar-refractivity contribution in [3.8, 4) is 5.69 Å². The number of hydrogen-bond donors (Lipinski definition) is 0. The van der Waals surface area contributed by atoms with Crippen LogP contribution in [0.3, 0.4) is 0 Å². The highest BCUT2D eigenvalue weighted by Gasteiger charge is 2.23. The van der Waals surface area contributed by atoms with E-state index in [0.717, 1.165) is 41.8 Å². The maximum absolute atomic E-state index is 13.0. The first kappa shape index (κ1) is 19.3. The number of aryl methyl sites for hydroxylation is 1. The van der Waals surface area contributed by atoms with Crippen molar-refractivity contribution in [3.05, 3.63) is 77.7 Å². The number of aromatic nitrogens is 5. The molecule has 1 aliphatic heterocycles. The Balaban J connectivity index is 1.24. The summed E-state index contributed by atoms with van der Waals surface area (Å²) in [5.74, 6) is 0.0674. The molecule has 5 rings (SSSR count). The summed E-state index contributed by atoms with van der Waals surface area (Å²) in [7, 11) is 0. The van der Waals surface area contributed by atoms with Gasteiger partial charge in [0.2, 0.25) is 0 Å². The predicted octanol–water partition coefficient (Wildman–Crippen LogP) is 2.48. The zero-order chi connectivity index (χ0) is 21.2. The Morgan fingerprint density at radius 2 is 1.87 bits per heavy atom. The number of fused-ring (bicyclic) bond motifs is 1. The summed E-state index contributed by atoms with van der Waals surface area (Å²) in [6.07, 6.45) is 3.39. The molecular weight excluding hydrogens is 390 g/mol. The first-order valence-corrected chi connectivity index (χ1v) is 10.4. The molecule has 31 heavy (non-hydrogen) atoms. The number of piperazine rings is 1. The van der Waals surface area contributed by atoms with E-state index < -0.39 is 0 Å². The number of amides is 1. The number of carbonyl (C=O) groups excluding carboxylic acids is 1. The fourth-order valence-electron chi connectivity index (χ4n) is 4.14. The lowest BCUT2D eigenvalue weighted by molar-refractivity contribution is 0.0629. The van der Waals surface area contributed by atoms with Crippen molar-refractivity contribution in [1.82, 2.24) is 35.0 Å². The number of rotatable bonds is 4. The molecule has 0 unspecified atom stereocenters. The monoisotopic (exact) mass is 413 g/mol. The number of nitrogens with zero attached hydrogens (tertiary/aromatic N) is 7. The van der Waals surface area contributed by atoms with Crippen LogP contribution in [0, 0.1) is 6.92 Å². The van der Waals surface area contributed by atoms with E-state index in [-0.39, 0.29) is 5.91 Å². The molecule has 8 heteroatoms. The molecule has 156 valence electrons. The number of tetrazole rings is 1. The third-order valence-electron chi connectivity index (χ3n) is 5.81. The topological polar surface area (TPSA) is 80.0 Å². The molecule has 1 aliphatic rings. The minimum Gasteiger partial charge on any atom is -0.336 e. The molecular formula is C23H23N7O. The highest BCUT2D eigenvalue weighted by molar-refractivity contribution is 5.94. The molecule has 0 radical (unpaired) electrons. The largest absolute Gasteiger partial charge is 0.336 e. The Bertz CT molecular complexity index is 1210. The van der Waals surface area contributed by atoms with Gasteiger partial charge in [-0.05, 0) is 52.7 Å². The number of para-hydroxylation sites is 1. The summed E-state index contributed by atoms with van der Waals surface area (Å²) in [4.78, 5) is 21.9. The molecule has 0 aliphatic carbocycles. The van der Waals surface area contributed by atoms with E-state index in [9.17, 15) is 4.79 Å². The second-order valence-electron chi connectivity index (χ2n) is 7.82. The van der Waals surface area contributed by atoms with Crippen molar-refractivity contribution in [1.29, 1.82) is 0 Å². The van der Waals surface area contributed by atoms with Crippen LogP contribution in [0.2, 0.25) is 0 Å². The van der Waals surface area contributed by atoms with E-state index in [1.807, 2.05) is 42.3 Å². The lowest BCUT2D eigenvalue weighted by Crippen LogP contribution is -2.48. The van der Waals surface area contributed by atoms with Crippen LogP contribution in [-0.2, 0) is 6.54 Å². The summed E-state index contributed by atoms with van der Waals surface area (Å²) in [5, 5.41) is 12.4. The van der Waals surface area contributed by atoms with Crippen LogP contribution in [0.4, 0.5) is 0 Å². The quantitative estimate of drug-likeness (QED) is 0.511. The molecule has 0 atom stereocenters. The molecule has 1 amide bonds. The summed E-state index contributed by atoms with van der Waals surface area (Å²) in [6, 6.07) is 16.0. The third-order valence-corrected chi connectivity index (χ3v) is 5.81. The smallest absolute Gasteiger partial charge is 0.253 e. The van der Waals surface area contributed by atoms with Crippen LogP contribution >= 0.6 is 0 Å². The van der Waals surface area contributed by atoms with Crippen LogP contribution in [0.1, 0.15) is 21.5 Å². The minimum atomic E-state index is 0.0674. The SMILES string of the molecule is Cc1cc(C(=O)N2CCN(Cc3cccc4cccnc34)CC2)ccc1-n1cnnn1. The first-order chi connectivity index (χ1) is 15.2. The molecule has 0 saturated carbocycles. The standard InChI is InChI=1S/C23H23N7O/c1-17-14-19(7-8-21(17)30-16-25-26-27-30)23(31)29-12-10-28(11-13-29)15-20-5-2-4-18-6-3-9-24-22(18)20/h2-9,14,16H,10-13,15H2,1H3. The highest BCUT2D eigenvalue weighted by atomic mass is 16.2. The average molecular weight is 413 g/mol. The third kappa shape index (κ3) is 3.89. The van der Waals surface area contributed by atoms with Crippen LogP contribution in [0.25, 0.3) is 16.6 Å². The molecule has 0 spiro atoms. The second kappa shape index (κ2) is 8.23. The Morgan fingerprint density at radius 1 is 1.03 bits per heavy atom. The molecule has 1 fully saturated rings. The van der Waals surface area contributed by atoms with Gasteiger partial charge in [-0.2, -0.15) is 0 Å². The maximum atomic E-state index is 13.0. The fraction of sp³-hybridized carbons (Fsp3) is 0.261. The second-order valence-corrected chi connectivity index (χ2v) is 7.82. The highest BCUT2D eigenvalue weighted by Crippen LogP contribution is 2.20. The van der Waals surface area contributed by atoms with Gasteiger partial charge >= 0.3 is 0 Å². The van der Waals surface area contributed by atoms with Crippen molar-refractivity contribution in [3.63, 3.8) is 0 Å². The van der Waals surface area contributed by atoms with E-state index >= 15 is 0 Å². The summed E-state index contributed by atoms with van der Waals surface area (Å²) in [6.45, 7) is 5.92. The lowest BCUT2D eigenvalue weighted by Gasteiger charge is -2.35. The van der Waals surface area contributed by atoms with E-state index in [0.29, 0.717) is 18.7 Å². The molecule has 1 saturated heterocycles. The zero-order valence-corrected chi connectivity index (χ0v) is 17.3. The zero-order valence-electron chi connectivity index (χ0n) is 17.3. The fourth-order valence-corrected chi connectivity index (χ4v) is 4.14. The van der Waals surface area contributed by atoms with Crippen molar-refractivity contribution in [2.24, 2.45) is 0 Å². The van der Waals surface area contributed by atoms with E-state index in [4.69, 9.17) is 0 Å². The van der Waals surface area contributed by atoms with Crippen LogP contribution in [0.15, 0.2) is 61.1 Å². The number of benzene rings is 2. The molecule has 3 heterocycles. The Hall–Kier alpha value is -3.65. The maximum Gasteiger partial charge on any atom is 0.253 e. The summed E-state index contributed by atoms with van der Waals surface area (Å²) in [5.41, 5.74) is 4.81. The molecule has 0 bridgehead atoms. The first-order valence-electron chi connectivity index (χ1n) is 10.4. The van der Waals surface area contributed by atoms with E-state index in [2.05, 4.69) is 49.7 Å². The molecule has 2 aromatic heterocycles. The van der Waals surface area contributed by atoms with Gasteiger partial charge in [0.25, 0.3) is 5.91 Å². The van der Waals surface area contributed by atoms with Gasteiger partial charge in [0.15, 0.2) is 0 Å². The minimum absolute atomic E-state index is 0.0674. The van der Waals surface area contributed by atoms with Gasteiger partial charge in [-0.25, -0.2) is 4.68 Å². The van der Waals surface area contributed by atoms with E-state index in [1.54, 1.807) is 11.0 Å². The van der Waals surface area contributed by atoms with E-state index in [1.165, 1.54) is 5.56 Å². The summed E-state index contributed by atoms with van der Waals surface area (Å²) >= 11 is 0. The number of pyridine rings is 1. The molecule has 0 N–H and O–H groups in total. The van der Waals surface area contributed by atoms with Gasteiger partial charge in [0, 0.05) is 49.9 Å². The van der Waals surface area contributed by atoms with Gasteiger partial charge in [0.1, 0.15) is 6.33 Å². The van der Waals surface area contributed by atoms with Gasteiger partial charge in [0.05, 0.1) is 11.2 Å².